The van der Waals surface area contributed by atoms with Crippen molar-refractivity contribution >= 4 is 5.78 Å². The molecule has 11 heavy (non-hydrogen) atoms. The van der Waals surface area contributed by atoms with E-state index in [1.54, 1.807) is 0 Å². The molecular formula is C9H16O2. The SMILES string of the molecule is CC(=O)C=C(O)CCC(C)C. The molecule has 0 saturated carbocycles. The number of ketones is 1. The number of aliphatic hydroxyl groups is 1. The van der Waals surface area contributed by atoms with Crippen molar-refractivity contribution in [1.82, 2.24) is 0 Å². The lowest BCUT2D eigenvalue weighted by Crippen LogP contribution is -1.92. The molecular weight excluding hydrogens is 140 g/mol. The quantitative estimate of drug-likeness (QED) is 0.501. The fraction of sp³-hybridized carbons (Fsp3) is 0.667. The molecule has 0 aromatic rings. The van der Waals surface area contributed by atoms with E-state index in [1.807, 2.05) is 0 Å². The van der Waals surface area contributed by atoms with E-state index < -0.39 is 0 Å². The Balaban J connectivity index is 3.68. The van der Waals surface area contributed by atoms with Crippen molar-refractivity contribution in [2.45, 2.75) is 33.6 Å². The zero-order chi connectivity index (χ0) is 8.85. The topological polar surface area (TPSA) is 37.3 Å². The minimum atomic E-state index is -0.0914. The lowest BCUT2D eigenvalue weighted by molar-refractivity contribution is -0.112. The Hall–Kier alpha value is -0.790. The summed E-state index contributed by atoms with van der Waals surface area (Å²) >= 11 is 0. The van der Waals surface area contributed by atoms with Crippen LogP contribution in [0.2, 0.25) is 0 Å². The summed E-state index contributed by atoms with van der Waals surface area (Å²) in [7, 11) is 0. The smallest absolute Gasteiger partial charge is 0.155 e. The van der Waals surface area contributed by atoms with E-state index in [4.69, 9.17) is 5.11 Å². The molecule has 0 fully saturated rings. The second kappa shape index (κ2) is 4.94. The van der Waals surface area contributed by atoms with Crippen molar-refractivity contribution in [3.05, 3.63) is 11.8 Å². The minimum Gasteiger partial charge on any atom is -0.512 e. The summed E-state index contributed by atoms with van der Waals surface area (Å²) in [5, 5.41) is 9.11. The van der Waals surface area contributed by atoms with E-state index in [0.717, 1.165) is 6.42 Å². The third-order valence-corrected chi connectivity index (χ3v) is 1.35. The maximum atomic E-state index is 10.5. The summed E-state index contributed by atoms with van der Waals surface area (Å²) in [6.07, 6.45) is 2.81. The molecule has 0 aromatic heterocycles. The summed E-state index contributed by atoms with van der Waals surface area (Å²) in [6.45, 7) is 5.60. The molecule has 1 N–H and O–H groups in total. The van der Waals surface area contributed by atoms with Crippen LogP contribution in [0.15, 0.2) is 11.8 Å². The molecule has 0 rings (SSSR count). The van der Waals surface area contributed by atoms with Gasteiger partial charge in [0.15, 0.2) is 5.78 Å². The molecule has 2 heteroatoms. The minimum absolute atomic E-state index is 0.0914. The zero-order valence-corrected chi connectivity index (χ0v) is 7.42. The van der Waals surface area contributed by atoms with Gasteiger partial charge in [-0.15, -0.1) is 0 Å². The van der Waals surface area contributed by atoms with Gasteiger partial charge in [0.25, 0.3) is 0 Å². The molecule has 0 aliphatic rings. The average Bonchev–Trinajstić information content (AvgIpc) is 1.82. The van der Waals surface area contributed by atoms with Gasteiger partial charge >= 0.3 is 0 Å². The monoisotopic (exact) mass is 156 g/mol. The largest absolute Gasteiger partial charge is 0.512 e. The highest BCUT2D eigenvalue weighted by molar-refractivity contribution is 5.87. The van der Waals surface area contributed by atoms with Crippen LogP contribution in [0.5, 0.6) is 0 Å². The van der Waals surface area contributed by atoms with Gasteiger partial charge < -0.3 is 5.11 Å². The molecule has 0 aliphatic carbocycles. The summed E-state index contributed by atoms with van der Waals surface area (Å²) in [5.74, 6) is 0.676. The van der Waals surface area contributed by atoms with Gasteiger partial charge in [-0.25, -0.2) is 0 Å². The van der Waals surface area contributed by atoms with Crippen molar-refractivity contribution in [2.75, 3.05) is 0 Å². The van der Waals surface area contributed by atoms with Gasteiger partial charge in [0.1, 0.15) is 0 Å². The summed E-state index contributed by atoms with van der Waals surface area (Å²) in [5.41, 5.74) is 0. The fourth-order valence-corrected chi connectivity index (χ4v) is 0.743. The van der Waals surface area contributed by atoms with Crippen LogP contribution in [0.4, 0.5) is 0 Å². The molecule has 0 spiro atoms. The third kappa shape index (κ3) is 7.10. The number of carbonyl (C=O) groups excluding carboxylic acids is 1. The molecule has 0 amide bonds. The standard InChI is InChI=1S/C9H16O2/c1-7(2)4-5-9(11)6-8(3)10/h6-7,11H,4-5H2,1-3H3. The number of hydrogen-bond acceptors (Lipinski definition) is 2. The summed E-state index contributed by atoms with van der Waals surface area (Å²) in [4.78, 5) is 10.5. The Morgan fingerprint density at radius 3 is 2.45 bits per heavy atom. The molecule has 0 heterocycles. The molecule has 0 aromatic carbocycles. The molecule has 0 unspecified atom stereocenters. The molecule has 0 saturated heterocycles. The summed E-state index contributed by atoms with van der Waals surface area (Å²) in [6, 6.07) is 0. The maximum Gasteiger partial charge on any atom is 0.155 e. The number of hydrogen-bond donors (Lipinski definition) is 1. The first kappa shape index (κ1) is 10.2. The molecule has 64 valence electrons. The van der Waals surface area contributed by atoms with Crippen LogP contribution < -0.4 is 0 Å². The van der Waals surface area contributed by atoms with Gasteiger partial charge in [0.2, 0.25) is 0 Å². The normalized spacial score (nSPS) is 12.2. The van der Waals surface area contributed by atoms with Crippen molar-refractivity contribution in [3.8, 4) is 0 Å². The Labute approximate surface area is 67.9 Å². The highest BCUT2D eigenvalue weighted by Crippen LogP contribution is 2.08. The first-order valence-corrected chi connectivity index (χ1v) is 3.92. The number of allylic oxidation sites excluding steroid dienone is 2. The van der Waals surface area contributed by atoms with E-state index in [2.05, 4.69) is 13.8 Å². The number of rotatable bonds is 4. The predicted molar refractivity (Wildman–Crippen MR) is 45.5 cm³/mol. The van der Waals surface area contributed by atoms with Crippen LogP contribution >= 0.6 is 0 Å². The van der Waals surface area contributed by atoms with Crippen LogP contribution in [0.3, 0.4) is 0 Å². The van der Waals surface area contributed by atoms with Crippen molar-refractivity contribution in [2.24, 2.45) is 5.92 Å². The fourth-order valence-electron chi connectivity index (χ4n) is 0.743. The van der Waals surface area contributed by atoms with Crippen molar-refractivity contribution in [3.63, 3.8) is 0 Å². The Bertz CT molecular complexity index is 157. The van der Waals surface area contributed by atoms with Gasteiger partial charge in [-0.1, -0.05) is 13.8 Å². The molecule has 0 atom stereocenters. The first-order valence-electron chi connectivity index (χ1n) is 3.92. The van der Waals surface area contributed by atoms with Crippen molar-refractivity contribution < 1.29 is 9.90 Å². The number of aliphatic hydroxyl groups excluding tert-OH is 1. The Morgan fingerprint density at radius 2 is 2.09 bits per heavy atom. The van der Waals surface area contributed by atoms with Crippen LogP contribution in [-0.4, -0.2) is 10.9 Å². The van der Waals surface area contributed by atoms with Crippen LogP contribution in [0, 0.1) is 5.92 Å². The lowest BCUT2D eigenvalue weighted by atomic mass is 10.1. The number of carbonyl (C=O) groups is 1. The molecule has 2 nitrogen and oxygen atoms in total. The highest BCUT2D eigenvalue weighted by atomic mass is 16.3. The van der Waals surface area contributed by atoms with Gasteiger partial charge in [-0.3, -0.25) is 4.79 Å². The van der Waals surface area contributed by atoms with Crippen LogP contribution in [0.25, 0.3) is 0 Å². The second-order valence-electron chi connectivity index (χ2n) is 3.18. The Kier molecular flexibility index (Phi) is 4.59. The van der Waals surface area contributed by atoms with Gasteiger partial charge in [0, 0.05) is 12.5 Å². The third-order valence-electron chi connectivity index (χ3n) is 1.35. The second-order valence-corrected chi connectivity index (χ2v) is 3.18. The first-order chi connectivity index (χ1) is 5.02. The highest BCUT2D eigenvalue weighted by Gasteiger charge is 1.98. The van der Waals surface area contributed by atoms with E-state index >= 15 is 0 Å². The molecule has 0 bridgehead atoms. The van der Waals surface area contributed by atoms with Gasteiger partial charge in [0.05, 0.1) is 5.76 Å². The van der Waals surface area contributed by atoms with Gasteiger partial charge in [-0.2, -0.15) is 0 Å². The van der Waals surface area contributed by atoms with Crippen molar-refractivity contribution in [1.29, 1.82) is 0 Å². The van der Waals surface area contributed by atoms with Crippen LogP contribution in [0.1, 0.15) is 33.6 Å². The van der Waals surface area contributed by atoms with Gasteiger partial charge in [-0.05, 0) is 19.3 Å². The van der Waals surface area contributed by atoms with Crippen LogP contribution in [-0.2, 0) is 4.79 Å². The molecule has 0 aliphatic heterocycles. The van der Waals surface area contributed by atoms with E-state index in [1.165, 1.54) is 13.0 Å². The van der Waals surface area contributed by atoms with E-state index in [0.29, 0.717) is 12.3 Å². The van der Waals surface area contributed by atoms with E-state index in [9.17, 15) is 4.79 Å². The summed E-state index contributed by atoms with van der Waals surface area (Å²) < 4.78 is 0. The van der Waals surface area contributed by atoms with E-state index in [-0.39, 0.29) is 11.5 Å². The predicted octanol–water partition coefficient (Wildman–Crippen LogP) is 2.45. The Morgan fingerprint density at radius 1 is 1.55 bits per heavy atom. The zero-order valence-electron chi connectivity index (χ0n) is 7.42. The average molecular weight is 156 g/mol. The lowest BCUT2D eigenvalue weighted by Gasteiger charge is -2.02. The maximum absolute atomic E-state index is 10.5. The molecule has 0 radical (unpaired) electrons.